The summed E-state index contributed by atoms with van der Waals surface area (Å²) in [5, 5.41) is 2.92. The molecule has 2 aromatic heterocycles. The van der Waals surface area contributed by atoms with Gasteiger partial charge in [0.05, 0.1) is 24.4 Å². The Morgan fingerprint density at radius 2 is 1.94 bits per heavy atom. The number of nitrogens with zero attached hydrogens (tertiary/aromatic N) is 4. The highest BCUT2D eigenvalue weighted by molar-refractivity contribution is 6.04. The Kier molecular flexibility index (Phi) is 5.03. The van der Waals surface area contributed by atoms with E-state index in [1.165, 1.54) is 0 Å². The number of aromatic nitrogens is 3. The van der Waals surface area contributed by atoms with E-state index in [1.807, 2.05) is 65.3 Å². The van der Waals surface area contributed by atoms with Gasteiger partial charge in [-0.25, -0.2) is 9.97 Å². The Morgan fingerprint density at radius 3 is 2.72 bits per heavy atom. The van der Waals surface area contributed by atoms with Crippen LogP contribution in [0.5, 0.6) is 5.75 Å². The first-order chi connectivity index (χ1) is 15.6. The molecule has 1 aliphatic rings. The molecule has 8 heteroatoms. The van der Waals surface area contributed by atoms with Gasteiger partial charge in [0.2, 0.25) is 17.6 Å². The predicted molar refractivity (Wildman–Crippen MR) is 121 cm³/mol. The number of fused-ring (bicyclic) bond motifs is 1. The minimum Gasteiger partial charge on any atom is -0.495 e. The number of methoxy groups -OCH3 is 1. The number of ether oxygens (including phenoxy) is 1. The van der Waals surface area contributed by atoms with Crippen LogP contribution in [-0.2, 0) is 9.59 Å². The monoisotopic (exact) mass is 427 g/mol. The highest BCUT2D eigenvalue weighted by Crippen LogP contribution is 2.33. The molecule has 1 aliphatic heterocycles. The van der Waals surface area contributed by atoms with Crippen molar-refractivity contribution in [3.8, 4) is 17.0 Å². The SMILES string of the molecule is COc1ccccc1N1CC(C(=O)Nc2ccc(-c3cn4cccnc4n3)cc2)CC1=O. The Bertz CT molecular complexity index is 1270. The van der Waals surface area contributed by atoms with Crippen molar-refractivity contribution in [3.63, 3.8) is 0 Å². The summed E-state index contributed by atoms with van der Waals surface area (Å²) in [7, 11) is 1.57. The summed E-state index contributed by atoms with van der Waals surface area (Å²) in [5.74, 6) is 0.535. The lowest BCUT2D eigenvalue weighted by atomic mass is 10.1. The third-order valence-corrected chi connectivity index (χ3v) is 5.56. The third kappa shape index (κ3) is 3.66. The van der Waals surface area contributed by atoms with E-state index in [-0.39, 0.29) is 18.2 Å². The number of nitrogens with one attached hydrogen (secondary N) is 1. The molecule has 2 aromatic carbocycles. The summed E-state index contributed by atoms with van der Waals surface area (Å²) in [6, 6.07) is 16.6. The Balaban J connectivity index is 1.27. The molecule has 0 bridgehead atoms. The zero-order valence-corrected chi connectivity index (χ0v) is 17.4. The van der Waals surface area contributed by atoms with Crippen molar-refractivity contribution in [3.05, 3.63) is 73.2 Å². The molecule has 0 saturated carbocycles. The van der Waals surface area contributed by atoms with Gasteiger partial charge >= 0.3 is 0 Å². The van der Waals surface area contributed by atoms with Crippen molar-refractivity contribution >= 4 is 29.0 Å². The summed E-state index contributed by atoms with van der Waals surface area (Å²) >= 11 is 0. The molecule has 4 aromatic rings. The third-order valence-electron chi connectivity index (χ3n) is 5.56. The molecule has 0 spiro atoms. The summed E-state index contributed by atoms with van der Waals surface area (Å²) < 4.78 is 7.22. The van der Waals surface area contributed by atoms with Crippen molar-refractivity contribution in [1.29, 1.82) is 0 Å². The molecule has 0 radical (unpaired) electrons. The molecule has 3 heterocycles. The van der Waals surface area contributed by atoms with Crippen molar-refractivity contribution in [2.24, 2.45) is 5.92 Å². The summed E-state index contributed by atoms with van der Waals surface area (Å²) in [6.45, 7) is 0.317. The maximum atomic E-state index is 12.8. The molecule has 1 N–H and O–H groups in total. The Hall–Kier alpha value is -4.20. The average molecular weight is 427 g/mol. The fourth-order valence-corrected chi connectivity index (χ4v) is 3.91. The summed E-state index contributed by atoms with van der Waals surface area (Å²) in [6.07, 6.45) is 5.67. The van der Waals surface area contributed by atoms with Crippen LogP contribution in [0.2, 0.25) is 0 Å². The van der Waals surface area contributed by atoms with E-state index in [9.17, 15) is 9.59 Å². The van der Waals surface area contributed by atoms with Crippen molar-refractivity contribution < 1.29 is 14.3 Å². The molecule has 8 nitrogen and oxygen atoms in total. The number of para-hydroxylation sites is 2. The number of benzene rings is 2. The molecule has 1 atom stereocenters. The van der Waals surface area contributed by atoms with Crippen molar-refractivity contribution in [2.45, 2.75) is 6.42 Å². The molecular formula is C24H21N5O3. The molecule has 5 rings (SSSR count). The van der Waals surface area contributed by atoms with Gasteiger partial charge in [0, 0.05) is 42.8 Å². The van der Waals surface area contributed by atoms with Crippen LogP contribution in [-0.4, -0.2) is 39.8 Å². The number of carbonyl (C=O) groups is 2. The van der Waals surface area contributed by atoms with E-state index in [1.54, 1.807) is 24.3 Å². The molecule has 1 fully saturated rings. The van der Waals surface area contributed by atoms with Gasteiger partial charge < -0.3 is 15.0 Å². The van der Waals surface area contributed by atoms with Gasteiger partial charge in [-0.15, -0.1) is 0 Å². The predicted octanol–water partition coefficient (Wildman–Crippen LogP) is 3.40. The number of rotatable bonds is 5. The zero-order valence-electron chi connectivity index (χ0n) is 17.4. The second-order valence-electron chi connectivity index (χ2n) is 7.60. The smallest absolute Gasteiger partial charge is 0.234 e. The number of amides is 2. The molecule has 32 heavy (non-hydrogen) atoms. The van der Waals surface area contributed by atoms with Crippen LogP contribution in [0, 0.1) is 5.92 Å². The lowest BCUT2D eigenvalue weighted by Gasteiger charge is -2.19. The van der Waals surface area contributed by atoms with E-state index in [0.717, 1.165) is 11.3 Å². The molecular weight excluding hydrogens is 406 g/mol. The van der Waals surface area contributed by atoms with E-state index in [0.29, 0.717) is 29.4 Å². The minimum absolute atomic E-state index is 0.0922. The van der Waals surface area contributed by atoms with Gasteiger partial charge in [-0.05, 0) is 30.3 Å². The molecule has 1 unspecified atom stereocenters. The average Bonchev–Trinajstić information content (AvgIpc) is 3.43. The van der Waals surface area contributed by atoms with E-state index in [2.05, 4.69) is 15.3 Å². The first-order valence-electron chi connectivity index (χ1n) is 10.3. The standard InChI is InChI=1S/C24H21N5O3/c1-32-21-6-3-2-5-20(21)29-14-17(13-22(29)30)23(31)26-18-9-7-16(8-10-18)19-15-28-12-4-11-25-24(28)27-19/h2-12,15,17H,13-14H2,1H3,(H,26,31). The molecule has 0 aliphatic carbocycles. The molecule has 1 saturated heterocycles. The minimum atomic E-state index is -0.434. The number of imidazole rings is 1. The largest absolute Gasteiger partial charge is 0.495 e. The second kappa shape index (κ2) is 8.14. The van der Waals surface area contributed by atoms with E-state index >= 15 is 0 Å². The number of hydrogen-bond acceptors (Lipinski definition) is 5. The highest BCUT2D eigenvalue weighted by Gasteiger charge is 2.36. The maximum absolute atomic E-state index is 12.8. The number of hydrogen-bond donors (Lipinski definition) is 1. The van der Waals surface area contributed by atoms with E-state index < -0.39 is 5.92 Å². The topological polar surface area (TPSA) is 88.8 Å². The maximum Gasteiger partial charge on any atom is 0.234 e. The Morgan fingerprint density at radius 1 is 1.12 bits per heavy atom. The van der Waals surface area contributed by atoms with E-state index in [4.69, 9.17) is 4.74 Å². The van der Waals surface area contributed by atoms with Crippen LogP contribution >= 0.6 is 0 Å². The number of anilines is 2. The van der Waals surface area contributed by atoms with Gasteiger partial charge in [0.25, 0.3) is 0 Å². The van der Waals surface area contributed by atoms with Crippen LogP contribution in [0.25, 0.3) is 17.0 Å². The van der Waals surface area contributed by atoms with Crippen LogP contribution in [0.1, 0.15) is 6.42 Å². The van der Waals surface area contributed by atoms with Crippen LogP contribution < -0.4 is 15.0 Å². The lowest BCUT2D eigenvalue weighted by molar-refractivity contribution is -0.122. The van der Waals surface area contributed by atoms with Gasteiger partial charge in [-0.3, -0.25) is 14.0 Å². The zero-order chi connectivity index (χ0) is 22.1. The Labute approximate surface area is 184 Å². The summed E-state index contributed by atoms with van der Waals surface area (Å²) in [4.78, 5) is 35.7. The lowest BCUT2D eigenvalue weighted by Crippen LogP contribution is -2.28. The van der Waals surface area contributed by atoms with Crippen LogP contribution in [0.3, 0.4) is 0 Å². The molecule has 2 amide bonds. The molecule has 160 valence electrons. The van der Waals surface area contributed by atoms with Crippen molar-refractivity contribution in [1.82, 2.24) is 14.4 Å². The van der Waals surface area contributed by atoms with Crippen LogP contribution in [0.4, 0.5) is 11.4 Å². The fraction of sp³-hybridized carbons (Fsp3) is 0.167. The van der Waals surface area contributed by atoms with Crippen LogP contribution in [0.15, 0.2) is 73.2 Å². The first kappa shape index (κ1) is 19.7. The van der Waals surface area contributed by atoms with Gasteiger partial charge in [0.1, 0.15) is 5.75 Å². The van der Waals surface area contributed by atoms with Gasteiger partial charge in [0.15, 0.2) is 0 Å². The van der Waals surface area contributed by atoms with Gasteiger partial charge in [-0.2, -0.15) is 0 Å². The normalized spacial score (nSPS) is 15.8. The van der Waals surface area contributed by atoms with Crippen molar-refractivity contribution in [2.75, 3.05) is 23.9 Å². The highest BCUT2D eigenvalue weighted by atomic mass is 16.5. The number of carbonyl (C=O) groups excluding carboxylic acids is 2. The van der Waals surface area contributed by atoms with Gasteiger partial charge in [-0.1, -0.05) is 24.3 Å². The summed E-state index contributed by atoms with van der Waals surface area (Å²) in [5.41, 5.74) is 3.08. The first-order valence-corrected chi connectivity index (χ1v) is 10.3. The fourth-order valence-electron chi connectivity index (χ4n) is 3.91. The quantitative estimate of drug-likeness (QED) is 0.527. The second-order valence-corrected chi connectivity index (χ2v) is 7.60.